The van der Waals surface area contributed by atoms with Crippen molar-refractivity contribution in [2.75, 3.05) is 7.05 Å². The molecule has 1 unspecified atom stereocenters. The molecule has 1 aromatic heterocycles. The van der Waals surface area contributed by atoms with E-state index in [1.807, 2.05) is 6.92 Å². The molecule has 0 aliphatic carbocycles. The molecule has 0 aliphatic heterocycles. The lowest BCUT2D eigenvalue weighted by molar-refractivity contribution is -0.139. The Morgan fingerprint density at radius 2 is 2.00 bits per heavy atom. The molecule has 2 rings (SSSR count). The van der Waals surface area contributed by atoms with Crippen molar-refractivity contribution in [2.24, 2.45) is 0 Å². The third-order valence-corrected chi connectivity index (χ3v) is 4.13. The van der Waals surface area contributed by atoms with Crippen LogP contribution in [-0.2, 0) is 6.18 Å². The number of rotatable bonds is 3. The SMILES string of the molecule is CNC(C)c1cnc(-c2cccc(C(F)(F)F)c2F)s1. The van der Waals surface area contributed by atoms with Crippen molar-refractivity contribution < 1.29 is 17.6 Å². The largest absolute Gasteiger partial charge is 0.419 e. The van der Waals surface area contributed by atoms with Crippen molar-refractivity contribution in [3.63, 3.8) is 0 Å². The highest BCUT2D eigenvalue weighted by atomic mass is 32.1. The van der Waals surface area contributed by atoms with E-state index in [-0.39, 0.29) is 16.6 Å². The fourth-order valence-corrected chi connectivity index (χ4v) is 2.67. The Bertz CT molecular complexity index is 607. The van der Waals surface area contributed by atoms with Crippen LogP contribution in [0.4, 0.5) is 17.6 Å². The number of nitrogens with one attached hydrogen (secondary N) is 1. The van der Waals surface area contributed by atoms with E-state index >= 15 is 0 Å². The van der Waals surface area contributed by atoms with Gasteiger partial charge in [-0.2, -0.15) is 13.2 Å². The van der Waals surface area contributed by atoms with Crippen molar-refractivity contribution in [3.05, 3.63) is 40.7 Å². The first-order valence-corrected chi connectivity index (χ1v) is 6.65. The van der Waals surface area contributed by atoms with Crippen LogP contribution in [0.1, 0.15) is 23.4 Å². The van der Waals surface area contributed by atoms with E-state index in [0.29, 0.717) is 0 Å². The Balaban J connectivity index is 2.46. The van der Waals surface area contributed by atoms with Gasteiger partial charge in [0.15, 0.2) is 0 Å². The number of nitrogens with zero attached hydrogens (tertiary/aromatic N) is 1. The van der Waals surface area contributed by atoms with E-state index in [1.54, 1.807) is 13.2 Å². The number of thiazole rings is 1. The minimum atomic E-state index is -4.71. The third-order valence-electron chi connectivity index (χ3n) is 2.92. The normalized spacial score (nSPS) is 13.5. The van der Waals surface area contributed by atoms with E-state index in [4.69, 9.17) is 0 Å². The van der Waals surface area contributed by atoms with Gasteiger partial charge in [0.2, 0.25) is 0 Å². The van der Waals surface area contributed by atoms with Crippen molar-refractivity contribution in [2.45, 2.75) is 19.1 Å². The van der Waals surface area contributed by atoms with Crippen LogP contribution >= 0.6 is 11.3 Å². The standard InChI is InChI=1S/C13H12F4N2S/c1-7(18-2)10-6-19-12(20-10)8-4-3-5-9(11(8)14)13(15,16)17/h3-7,18H,1-2H3. The van der Waals surface area contributed by atoms with Crippen LogP contribution in [0.25, 0.3) is 10.6 Å². The minimum Gasteiger partial charge on any atom is -0.312 e. The molecule has 0 aliphatic rings. The minimum absolute atomic E-state index is 0.00936. The molecule has 2 aromatic rings. The predicted octanol–water partition coefficient (Wildman–Crippen LogP) is 4.25. The second-order valence-corrected chi connectivity index (χ2v) is 5.31. The molecule has 0 radical (unpaired) electrons. The second-order valence-electron chi connectivity index (χ2n) is 4.24. The number of aromatic nitrogens is 1. The van der Waals surface area contributed by atoms with E-state index in [2.05, 4.69) is 10.3 Å². The molecule has 2 nitrogen and oxygen atoms in total. The Morgan fingerprint density at radius 3 is 2.60 bits per heavy atom. The van der Waals surface area contributed by atoms with Gasteiger partial charge < -0.3 is 5.32 Å². The summed E-state index contributed by atoms with van der Waals surface area (Å²) in [6.07, 6.45) is -3.17. The lowest BCUT2D eigenvalue weighted by atomic mass is 10.1. The summed E-state index contributed by atoms with van der Waals surface area (Å²) >= 11 is 1.17. The van der Waals surface area contributed by atoms with Crippen molar-refractivity contribution in [1.82, 2.24) is 10.3 Å². The summed E-state index contributed by atoms with van der Waals surface area (Å²) in [6, 6.07) is 3.22. The second kappa shape index (κ2) is 5.49. The Hall–Kier alpha value is -1.47. The monoisotopic (exact) mass is 304 g/mol. The summed E-state index contributed by atoms with van der Waals surface area (Å²) in [5.74, 6) is -1.28. The summed E-state index contributed by atoms with van der Waals surface area (Å²) in [5.41, 5.74) is -1.40. The van der Waals surface area contributed by atoms with Gasteiger partial charge in [-0.25, -0.2) is 9.37 Å². The molecule has 0 saturated carbocycles. The van der Waals surface area contributed by atoms with Gasteiger partial charge in [0.05, 0.1) is 5.56 Å². The fraction of sp³-hybridized carbons (Fsp3) is 0.308. The van der Waals surface area contributed by atoms with E-state index < -0.39 is 17.6 Å². The molecule has 108 valence electrons. The molecule has 0 saturated heterocycles. The lowest BCUT2D eigenvalue weighted by Crippen LogP contribution is -2.10. The number of hydrogen-bond donors (Lipinski definition) is 1. The van der Waals surface area contributed by atoms with Crippen LogP contribution in [0, 0.1) is 5.82 Å². The molecule has 0 spiro atoms. The molecule has 1 N–H and O–H groups in total. The molecule has 1 heterocycles. The smallest absolute Gasteiger partial charge is 0.312 e. The highest BCUT2D eigenvalue weighted by molar-refractivity contribution is 7.15. The van der Waals surface area contributed by atoms with Crippen LogP contribution in [0.15, 0.2) is 24.4 Å². The van der Waals surface area contributed by atoms with Gasteiger partial charge >= 0.3 is 6.18 Å². The summed E-state index contributed by atoms with van der Waals surface area (Å²) in [7, 11) is 1.76. The van der Waals surface area contributed by atoms with E-state index in [0.717, 1.165) is 10.9 Å². The van der Waals surface area contributed by atoms with Gasteiger partial charge in [-0.05, 0) is 26.1 Å². The maximum Gasteiger partial charge on any atom is 0.419 e. The Kier molecular flexibility index (Phi) is 4.10. The summed E-state index contributed by atoms with van der Waals surface area (Å²) in [4.78, 5) is 4.84. The van der Waals surface area contributed by atoms with Gasteiger partial charge in [0.1, 0.15) is 10.8 Å². The van der Waals surface area contributed by atoms with Crippen LogP contribution < -0.4 is 5.32 Å². The first kappa shape index (κ1) is 14.9. The summed E-state index contributed by atoms with van der Waals surface area (Å²) < 4.78 is 52.0. The third kappa shape index (κ3) is 2.83. The summed E-state index contributed by atoms with van der Waals surface area (Å²) in [5, 5.41) is 3.23. The van der Waals surface area contributed by atoms with Gasteiger partial charge in [-0.15, -0.1) is 11.3 Å². The Morgan fingerprint density at radius 1 is 1.30 bits per heavy atom. The quantitative estimate of drug-likeness (QED) is 0.858. The lowest BCUT2D eigenvalue weighted by Gasteiger charge is -2.09. The van der Waals surface area contributed by atoms with Gasteiger partial charge in [-0.3, -0.25) is 0 Å². The molecule has 0 amide bonds. The van der Waals surface area contributed by atoms with Crippen LogP contribution in [0.3, 0.4) is 0 Å². The molecular formula is C13H12F4N2S. The first-order valence-electron chi connectivity index (χ1n) is 5.83. The number of halogens is 4. The highest BCUT2D eigenvalue weighted by Gasteiger charge is 2.35. The predicted molar refractivity (Wildman–Crippen MR) is 70.0 cm³/mol. The molecular weight excluding hydrogens is 292 g/mol. The molecule has 20 heavy (non-hydrogen) atoms. The van der Waals surface area contributed by atoms with Gasteiger partial charge in [-0.1, -0.05) is 6.07 Å². The van der Waals surface area contributed by atoms with Gasteiger partial charge in [0.25, 0.3) is 0 Å². The van der Waals surface area contributed by atoms with Crippen LogP contribution in [0.5, 0.6) is 0 Å². The molecule has 7 heteroatoms. The zero-order valence-electron chi connectivity index (χ0n) is 10.8. The molecule has 1 atom stereocenters. The average Bonchev–Trinajstić information content (AvgIpc) is 2.86. The van der Waals surface area contributed by atoms with Gasteiger partial charge in [0, 0.05) is 22.7 Å². The van der Waals surface area contributed by atoms with E-state index in [9.17, 15) is 17.6 Å². The first-order chi connectivity index (χ1) is 9.34. The maximum absolute atomic E-state index is 14.0. The van der Waals surface area contributed by atoms with Crippen molar-refractivity contribution in [1.29, 1.82) is 0 Å². The molecule has 0 fully saturated rings. The van der Waals surface area contributed by atoms with Crippen molar-refractivity contribution in [3.8, 4) is 10.6 Å². The number of hydrogen-bond acceptors (Lipinski definition) is 3. The maximum atomic E-state index is 14.0. The number of alkyl halides is 3. The van der Waals surface area contributed by atoms with Crippen molar-refractivity contribution >= 4 is 11.3 Å². The summed E-state index contributed by atoms with van der Waals surface area (Å²) in [6.45, 7) is 1.89. The molecule has 1 aromatic carbocycles. The number of benzene rings is 1. The Labute approximate surface area is 117 Å². The van der Waals surface area contributed by atoms with Crippen LogP contribution in [0.2, 0.25) is 0 Å². The average molecular weight is 304 g/mol. The highest BCUT2D eigenvalue weighted by Crippen LogP contribution is 2.37. The fourth-order valence-electron chi connectivity index (χ4n) is 1.67. The zero-order valence-corrected chi connectivity index (χ0v) is 11.6. The zero-order chi connectivity index (χ0) is 14.9. The molecule has 0 bridgehead atoms. The topological polar surface area (TPSA) is 24.9 Å². The van der Waals surface area contributed by atoms with E-state index in [1.165, 1.54) is 23.5 Å². The van der Waals surface area contributed by atoms with Crippen LogP contribution in [-0.4, -0.2) is 12.0 Å².